The fourth-order valence-electron chi connectivity index (χ4n) is 1.81. The minimum atomic E-state index is -0.161. The van der Waals surface area contributed by atoms with E-state index in [0.717, 1.165) is 10.7 Å². The number of carbonyl (C=O) groups is 1. The van der Waals surface area contributed by atoms with Gasteiger partial charge in [-0.15, -0.1) is 16.4 Å². The number of nitrogens with one attached hydrogen (secondary N) is 1. The lowest BCUT2D eigenvalue weighted by Crippen LogP contribution is -2.22. The molecule has 0 radical (unpaired) electrons. The Kier molecular flexibility index (Phi) is 5.62. The van der Waals surface area contributed by atoms with Crippen molar-refractivity contribution >= 4 is 17.2 Å². The molecule has 2 aromatic heterocycles. The molecular weight excluding hydrogens is 302 g/mol. The number of rotatable bonds is 7. The number of amides is 1. The van der Waals surface area contributed by atoms with Crippen molar-refractivity contribution in [3.8, 4) is 0 Å². The van der Waals surface area contributed by atoms with Crippen LogP contribution in [0.1, 0.15) is 60.2 Å². The lowest BCUT2D eigenvalue weighted by atomic mass is 10.4. The quantitative estimate of drug-likeness (QED) is 0.846. The Labute approximate surface area is 133 Å². The highest BCUT2D eigenvalue weighted by molar-refractivity contribution is 7.13. The van der Waals surface area contributed by atoms with Crippen LogP contribution in [-0.4, -0.2) is 32.5 Å². The Morgan fingerprint density at radius 3 is 2.86 bits per heavy atom. The van der Waals surface area contributed by atoms with Crippen molar-refractivity contribution in [3.05, 3.63) is 28.0 Å². The SMILES string of the molecule is CCOC(C)c1ncc(C(=O)NCc2cn(C(C)C)nn2)s1. The van der Waals surface area contributed by atoms with E-state index < -0.39 is 0 Å². The fourth-order valence-corrected chi connectivity index (χ4v) is 2.64. The maximum Gasteiger partial charge on any atom is 0.263 e. The van der Waals surface area contributed by atoms with E-state index in [1.54, 1.807) is 10.9 Å². The van der Waals surface area contributed by atoms with Crippen LogP contribution in [0.5, 0.6) is 0 Å². The first kappa shape index (κ1) is 16.6. The molecule has 120 valence electrons. The molecule has 8 heteroatoms. The van der Waals surface area contributed by atoms with Crippen molar-refractivity contribution in [2.75, 3.05) is 6.61 Å². The molecule has 0 fully saturated rings. The summed E-state index contributed by atoms with van der Waals surface area (Å²) in [5.41, 5.74) is 0.731. The average Bonchev–Trinajstić information content (AvgIpc) is 3.14. The molecule has 1 atom stereocenters. The van der Waals surface area contributed by atoms with Crippen LogP contribution < -0.4 is 5.32 Å². The summed E-state index contributed by atoms with van der Waals surface area (Å²) in [4.78, 5) is 16.9. The molecule has 2 heterocycles. The van der Waals surface area contributed by atoms with Crippen molar-refractivity contribution in [1.29, 1.82) is 0 Å². The van der Waals surface area contributed by atoms with Crippen molar-refractivity contribution in [3.63, 3.8) is 0 Å². The molecule has 0 saturated heterocycles. The van der Waals surface area contributed by atoms with Gasteiger partial charge in [0, 0.05) is 12.6 Å². The van der Waals surface area contributed by atoms with Crippen LogP contribution in [0.15, 0.2) is 12.4 Å². The van der Waals surface area contributed by atoms with Gasteiger partial charge in [0.2, 0.25) is 0 Å². The summed E-state index contributed by atoms with van der Waals surface area (Å²) in [6.45, 7) is 8.87. The summed E-state index contributed by atoms with van der Waals surface area (Å²) in [6, 6.07) is 0.251. The first-order valence-corrected chi connectivity index (χ1v) is 8.09. The first-order valence-electron chi connectivity index (χ1n) is 7.27. The third-order valence-electron chi connectivity index (χ3n) is 3.03. The van der Waals surface area contributed by atoms with E-state index in [9.17, 15) is 4.79 Å². The van der Waals surface area contributed by atoms with Gasteiger partial charge in [0.1, 0.15) is 21.7 Å². The lowest BCUT2D eigenvalue weighted by molar-refractivity contribution is 0.0762. The van der Waals surface area contributed by atoms with Crippen LogP contribution in [0.25, 0.3) is 0 Å². The van der Waals surface area contributed by atoms with Gasteiger partial charge in [-0.3, -0.25) is 4.79 Å². The number of ether oxygens (including phenoxy) is 1. The summed E-state index contributed by atoms with van der Waals surface area (Å²) in [5, 5.41) is 11.7. The second-order valence-electron chi connectivity index (χ2n) is 5.13. The molecule has 1 unspecified atom stereocenters. The molecule has 1 N–H and O–H groups in total. The van der Waals surface area contributed by atoms with E-state index in [1.165, 1.54) is 11.3 Å². The predicted octanol–water partition coefficient (Wildman–Crippen LogP) is 2.34. The van der Waals surface area contributed by atoms with Gasteiger partial charge in [0.25, 0.3) is 5.91 Å². The molecule has 0 spiro atoms. The smallest absolute Gasteiger partial charge is 0.263 e. The lowest BCUT2D eigenvalue weighted by Gasteiger charge is -2.06. The zero-order valence-electron chi connectivity index (χ0n) is 13.2. The molecule has 0 aliphatic rings. The summed E-state index contributed by atoms with van der Waals surface area (Å²) >= 11 is 1.34. The van der Waals surface area contributed by atoms with Gasteiger partial charge in [-0.25, -0.2) is 9.67 Å². The van der Waals surface area contributed by atoms with Gasteiger partial charge in [0.15, 0.2) is 0 Å². The molecule has 1 amide bonds. The fraction of sp³-hybridized carbons (Fsp3) is 0.571. The summed E-state index contributed by atoms with van der Waals surface area (Å²) in [6.07, 6.45) is 3.32. The van der Waals surface area contributed by atoms with E-state index in [0.29, 0.717) is 18.0 Å². The van der Waals surface area contributed by atoms with Gasteiger partial charge in [-0.05, 0) is 27.7 Å². The minimum absolute atomic E-state index is 0.0949. The van der Waals surface area contributed by atoms with E-state index in [4.69, 9.17) is 4.74 Å². The number of thiazole rings is 1. The molecule has 22 heavy (non-hydrogen) atoms. The van der Waals surface area contributed by atoms with Crippen molar-refractivity contribution in [2.24, 2.45) is 0 Å². The maximum absolute atomic E-state index is 12.1. The Hall–Kier alpha value is -1.80. The van der Waals surface area contributed by atoms with E-state index in [1.807, 2.05) is 33.9 Å². The Morgan fingerprint density at radius 1 is 1.45 bits per heavy atom. The number of aromatic nitrogens is 4. The van der Waals surface area contributed by atoms with Gasteiger partial charge >= 0.3 is 0 Å². The molecule has 0 aliphatic heterocycles. The Bertz CT molecular complexity index is 622. The zero-order valence-corrected chi connectivity index (χ0v) is 14.1. The highest BCUT2D eigenvalue weighted by atomic mass is 32.1. The van der Waals surface area contributed by atoms with Crippen LogP contribution in [0.4, 0.5) is 0 Å². The van der Waals surface area contributed by atoms with Gasteiger partial charge in [0.05, 0.1) is 18.9 Å². The minimum Gasteiger partial charge on any atom is -0.372 e. The highest BCUT2D eigenvalue weighted by Crippen LogP contribution is 2.22. The summed E-state index contributed by atoms with van der Waals surface area (Å²) in [7, 11) is 0. The molecule has 2 aromatic rings. The Balaban J connectivity index is 1.91. The van der Waals surface area contributed by atoms with Gasteiger partial charge in [-0.2, -0.15) is 0 Å². The number of hydrogen-bond donors (Lipinski definition) is 1. The zero-order chi connectivity index (χ0) is 16.1. The van der Waals surface area contributed by atoms with E-state index >= 15 is 0 Å². The van der Waals surface area contributed by atoms with Crippen LogP contribution in [0.2, 0.25) is 0 Å². The number of nitrogens with zero attached hydrogens (tertiary/aromatic N) is 4. The monoisotopic (exact) mass is 323 g/mol. The molecular formula is C14H21N5O2S. The van der Waals surface area contributed by atoms with Crippen LogP contribution in [-0.2, 0) is 11.3 Å². The molecule has 0 bridgehead atoms. The molecule has 2 rings (SSSR count). The van der Waals surface area contributed by atoms with Gasteiger partial charge < -0.3 is 10.1 Å². The molecule has 0 saturated carbocycles. The predicted molar refractivity (Wildman–Crippen MR) is 83.7 cm³/mol. The third kappa shape index (κ3) is 4.11. The molecule has 0 aromatic carbocycles. The van der Waals surface area contributed by atoms with E-state index in [2.05, 4.69) is 20.6 Å². The highest BCUT2D eigenvalue weighted by Gasteiger charge is 2.15. The normalized spacial score (nSPS) is 12.6. The second-order valence-corrected chi connectivity index (χ2v) is 6.19. The second kappa shape index (κ2) is 7.46. The first-order chi connectivity index (χ1) is 10.5. The standard InChI is InChI=1S/C14H21N5O2S/c1-5-21-10(4)14-16-7-12(22-14)13(20)15-6-11-8-19(9(2)3)18-17-11/h7-10H,5-6H2,1-4H3,(H,15,20). The number of hydrogen-bond acceptors (Lipinski definition) is 6. The molecule has 0 aliphatic carbocycles. The van der Waals surface area contributed by atoms with Crippen molar-refractivity contribution in [1.82, 2.24) is 25.3 Å². The maximum atomic E-state index is 12.1. The van der Waals surface area contributed by atoms with Gasteiger partial charge in [-0.1, -0.05) is 5.21 Å². The summed E-state index contributed by atoms with van der Waals surface area (Å²) in [5.74, 6) is -0.161. The van der Waals surface area contributed by atoms with Crippen LogP contribution >= 0.6 is 11.3 Å². The topological polar surface area (TPSA) is 81.9 Å². The van der Waals surface area contributed by atoms with Crippen LogP contribution in [0, 0.1) is 0 Å². The van der Waals surface area contributed by atoms with Crippen molar-refractivity contribution in [2.45, 2.75) is 46.4 Å². The molecule has 7 nitrogen and oxygen atoms in total. The van der Waals surface area contributed by atoms with Crippen LogP contribution in [0.3, 0.4) is 0 Å². The Morgan fingerprint density at radius 2 is 2.23 bits per heavy atom. The largest absolute Gasteiger partial charge is 0.372 e. The number of carbonyl (C=O) groups excluding carboxylic acids is 1. The third-order valence-corrected chi connectivity index (χ3v) is 4.19. The average molecular weight is 323 g/mol. The van der Waals surface area contributed by atoms with E-state index in [-0.39, 0.29) is 18.1 Å². The van der Waals surface area contributed by atoms with Crippen molar-refractivity contribution < 1.29 is 9.53 Å². The summed E-state index contributed by atoms with van der Waals surface area (Å²) < 4.78 is 7.23.